The molecule has 0 atom stereocenters. The Morgan fingerprint density at radius 3 is 2.52 bits per heavy atom. The van der Waals surface area contributed by atoms with Crippen LogP contribution in [0, 0.1) is 13.8 Å². The van der Waals surface area contributed by atoms with Gasteiger partial charge in [-0.05, 0) is 44.5 Å². The van der Waals surface area contributed by atoms with Crippen LogP contribution in [0.4, 0.5) is 5.69 Å². The van der Waals surface area contributed by atoms with Crippen LogP contribution in [0.1, 0.15) is 34.8 Å². The number of carbonyl (C=O) groups excluding carboxylic acids is 2. The number of ether oxygens (including phenoxy) is 1. The number of benzene rings is 2. The van der Waals surface area contributed by atoms with Crippen molar-refractivity contribution in [2.75, 3.05) is 11.9 Å². The SMILES string of the molecule is CC(=O)c1ccccc1NC(=O)CCOc1ccc(C)cc1C. The first kappa shape index (κ1) is 16.7. The molecule has 0 fully saturated rings. The summed E-state index contributed by atoms with van der Waals surface area (Å²) in [7, 11) is 0. The van der Waals surface area contributed by atoms with Gasteiger partial charge in [-0.1, -0.05) is 29.8 Å². The van der Waals surface area contributed by atoms with Crippen molar-refractivity contribution in [1.29, 1.82) is 0 Å². The third kappa shape index (κ3) is 4.68. The molecule has 0 aliphatic rings. The van der Waals surface area contributed by atoms with Crippen molar-refractivity contribution in [1.82, 2.24) is 0 Å². The predicted octanol–water partition coefficient (Wildman–Crippen LogP) is 3.91. The van der Waals surface area contributed by atoms with E-state index in [1.165, 1.54) is 12.5 Å². The van der Waals surface area contributed by atoms with Gasteiger partial charge in [-0.25, -0.2) is 0 Å². The number of anilines is 1. The Bertz CT molecular complexity index is 722. The van der Waals surface area contributed by atoms with Gasteiger partial charge in [0, 0.05) is 5.56 Å². The molecule has 0 aliphatic heterocycles. The van der Waals surface area contributed by atoms with E-state index in [0.717, 1.165) is 11.3 Å². The molecule has 4 nitrogen and oxygen atoms in total. The fraction of sp³-hybridized carbons (Fsp3) is 0.263. The molecule has 4 heteroatoms. The molecule has 2 aromatic rings. The third-order valence-electron chi connectivity index (χ3n) is 3.50. The van der Waals surface area contributed by atoms with Gasteiger partial charge in [-0.3, -0.25) is 9.59 Å². The molecule has 2 aromatic carbocycles. The Hall–Kier alpha value is -2.62. The first-order valence-electron chi connectivity index (χ1n) is 7.57. The zero-order valence-corrected chi connectivity index (χ0v) is 13.7. The molecule has 0 spiro atoms. The summed E-state index contributed by atoms with van der Waals surface area (Å²) in [4.78, 5) is 23.5. The van der Waals surface area contributed by atoms with E-state index in [1.54, 1.807) is 24.3 Å². The summed E-state index contributed by atoms with van der Waals surface area (Å²) >= 11 is 0. The van der Waals surface area contributed by atoms with Gasteiger partial charge in [-0.15, -0.1) is 0 Å². The van der Waals surface area contributed by atoms with Gasteiger partial charge in [0.05, 0.1) is 18.7 Å². The zero-order valence-electron chi connectivity index (χ0n) is 13.7. The first-order valence-corrected chi connectivity index (χ1v) is 7.57. The topological polar surface area (TPSA) is 55.4 Å². The van der Waals surface area contributed by atoms with Crippen LogP contribution >= 0.6 is 0 Å². The Morgan fingerprint density at radius 1 is 1.09 bits per heavy atom. The number of aryl methyl sites for hydroxylation is 2. The van der Waals surface area contributed by atoms with Gasteiger partial charge in [0.15, 0.2) is 5.78 Å². The minimum absolute atomic E-state index is 0.0765. The number of carbonyl (C=O) groups is 2. The monoisotopic (exact) mass is 311 g/mol. The molecule has 0 aromatic heterocycles. The Labute approximate surface area is 136 Å². The van der Waals surface area contributed by atoms with Gasteiger partial charge >= 0.3 is 0 Å². The van der Waals surface area contributed by atoms with Crippen molar-refractivity contribution in [3.8, 4) is 5.75 Å². The second kappa shape index (κ2) is 7.58. The van der Waals surface area contributed by atoms with E-state index in [9.17, 15) is 9.59 Å². The highest BCUT2D eigenvalue weighted by molar-refractivity contribution is 6.03. The molecule has 0 heterocycles. The molecular formula is C19H21NO3. The summed E-state index contributed by atoms with van der Waals surface area (Å²) in [5, 5.41) is 2.76. The molecule has 0 unspecified atom stereocenters. The fourth-order valence-electron chi connectivity index (χ4n) is 2.33. The number of amides is 1. The summed E-state index contributed by atoms with van der Waals surface area (Å²) in [5.74, 6) is 0.531. The van der Waals surface area contributed by atoms with Crippen molar-refractivity contribution < 1.29 is 14.3 Å². The zero-order chi connectivity index (χ0) is 16.8. The summed E-state index contributed by atoms with van der Waals surface area (Å²) in [6.45, 7) is 5.77. The van der Waals surface area contributed by atoms with Crippen molar-refractivity contribution in [3.05, 3.63) is 59.2 Å². The Kier molecular flexibility index (Phi) is 5.52. The normalized spacial score (nSPS) is 10.2. The van der Waals surface area contributed by atoms with Crippen LogP contribution in [0.15, 0.2) is 42.5 Å². The summed E-state index contributed by atoms with van der Waals surface area (Å²) in [5.41, 5.74) is 3.27. The van der Waals surface area contributed by atoms with Crippen molar-refractivity contribution in [3.63, 3.8) is 0 Å². The lowest BCUT2D eigenvalue weighted by Gasteiger charge is -2.11. The minimum Gasteiger partial charge on any atom is -0.493 e. The average Bonchev–Trinajstić information content (AvgIpc) is 2.50. The molecule has 0 radical (unpaired) electrons. The van der Waals surface area contributed by atoms with E-state index in [1.807, 2.05) is 32.0 Å². The van der Waals surface area contributed by atoms with Gasteiger partial charge in [0.1, 0.15) is 5.75 Å². The molecule has 0 saturated carbocycles. The number of rotatable bonds is 6. The molecule has 120 valence electrons. The number of ketones is 1. The highest BCUT2D eigenvalue weighted by atomic mass is 16.5. The molecule has 2 rings (SSSR count). The van der Waals surface area contributed by atoms with E-state index in [-0.39, 0.29) is 24.7 Å². The van der Waals surface area contributed by atoms with Crippen LogP contribution in [0.3, 0.4) is 0 Å². The molecule has 23 heavy (non-hydrogen) atoms. The average molecular weight is 311 g/mol. The van der Waals surface area contributed by atoms with Crippen LogP contribution in [-0.4, -0.2) is 18.3 Å². The summed E-state index contributed by atoms with van der Waals surface area (Å²) in [6.07, 6.45) is 0.222. The van der Waals surface area contributed by atoms with Gasteiger partial charge < -0.3 is 10.1 Å². The standard InChI is InChI=1S/C19H21NO3/c1-13-8-9-18(14(2)12-13)23-11-10-19(22)20-17-7-5-4-6-16(17)15(3)21/h4-9,12H,10-11H2,1-3H3,(H,20,22). The van der Waals surface area contributed by atoms with Gasteiger partial charge in [-0.2, -0.15) is 0 Å². The van der Waals surface area contributed by atoms with Gasteiger partial charge in [0.2, 0.25) is 5.91 Å². The second-order valence-corrected chi connectivity index (χ2v) is 5.52. The van der Waals surface area contributed by atoms with E-state index < -0.39 is 0 Å². The molecule has 0 aliphatic carbocycles. The molecule has 0 bridgehead atoms. The Balaban J connectivity index is 1.90. The van der Waals surface area contributed by atoms with Crippen LogP contribution in [0.25, 0.3) is 0 Å². The van der Waals surface area contributed by atoms with Gasteiger partial charge in [0.25, 0.3) is 0 Å². The van der Waals surface area contributed by atoms with Crippen LogP contribution in [0.5, 0.6) is 5.75 Å². The number of nitrogens with one attached hydrogen (secondary N) is 1. The summed E-state index contributed by atoms with van der Waals surface area (Å²) in [6, 6.07) is 12.9. The number of Topliss-reactive ketones (excluding diaryl/α,β-unsaturated/α-hetero) is 1. The molecule has 0 saturated heterocycles. The lowest BCUT2D eigenvalue weighted by atomic mass is 10.1. The van der Waals surface area contributed by atoms with Crippen LogP contribution < -0.4 is 10.1 Å². The smallest absolute Gasteiger partial charge is 0.227 e. The quantitative estimate of drug-likeness (QED) is 0.823. The lowest BCUT2D eigenvalue weighted by molar-refractivity contribution is -0.116. The van der Waals surface area contributed by atoms with Crippen molar-refractivity contribution in [2.24, 2.45) is 0 Å². The lowest BCUT2D eigenvalue weighted by Crippen LogP contribution is -2.17. The van der Waals surface area contributed by atoms with Crippen molar-refractivity contribution in [2.45, 2.75) is 27.2 Å². The van der Waals surface area contributed by atoms with E-state index in [0.29, 0.717) is 11.3 Å². The largest absolute Gasteiger partial charge is 0.493 e. The van der Waals surface area contributed by atoms with E-state index in [2.05, 4.69) is 5.32 Å². The predicted molar refractivity (Wildman–Crippen MR) is 91.1 cm³/mol. The fourth-order valence-corrected chi connectivity index (χ4v) is 2.33. The van der Waals surface area contributed by atoms with Crippen molar-refractivity contribution >= 4 is 17.4 Å². The number of hydrogen-bond acceptors (Lipinski definition) is 3. The van der Waals surface area contributed by atoms with Crippen LogP contribution in [0.2, 0.25) is 0 Å². The molecule has 1 amide bonds. The number of para-hydroxylation sites is 1. The van der Waals surface area contributed by atoms with E-state index in [4.69, 9.17) is 4.74 Å². The maximum absolute atomic E-state index is 12.0. The molecular weight excluding hydrogens is 290 g/mol. The first-order chi connectivity index (χ1) is 11.0. The minimum atomic E-state index is -0.177. The number of hydrogen-bond donors (Lipinski definition) is 1. The Morgan fingerprint density at radius 2 is 1.83 bits per heavy atom. The highest BCUT2D eigenvalue weighted by Crippen LogP contribution is 2.19. The second-order valence-electron chi connectivity index (χ2n) is 5.52. The maximum atomic E-state index is 12.0. The highest BCUT2D eigenvalue weighted by Gasteiger charge is 2.10. The van der Waals surface area contributed by atoms with Crippen LogP contribution in [-0.2, 0) is 4.79 Å². The maximum Gasteiger partial charge on any atom is 0.227 e. The third-order valence-corrected chi connectivity index (χ3v) is 3.50. The molecule has 1 N–H and O–H groups in total. The van der Waals surface area contributed by atoms with E-state index >= 15 is 0 Å². The summed E-state index contributed by atoms with van der Waals surface area (Å²) < 4.78 is 5.65.